The number of anilines is 1. The van der Waals surface area contributed by atoms with Crippen LogP contribution in [0.5, 0.6) is 0 Å². The molecule has 0 saturated carbocycles. The third kappa shape index (κ3) is 4.05. The van der Waals surface area contributed by atoms with Gasteiger partial charge in [-0.2, -0.15) is 11.8 Å². The van der Waals surface area contributed by atoms with Crippen LogP contribution in [0.25, 0.3) is 0 Å². The van der Waals surface area contributed by atoms with Crippen molar-refractivity contribution >= 4 is 17.7 Å². The Balaban J connectivity index is 2.02. The molecular formula is C10H19N3S. The molecule has 0 aliphatic carbocycles. The number of nitrogens with one attached hydrogen (secondary N) is 1. The van der Waals surface area contributed by atoms with E-state index >= 15 is 0 Å². The minimum Gasteiger partial charge on any atom is -0.356 e. The minimum absolute atomic E-state index is 0.967. The first kappa shape index (κ1) is 11.4. The Morgan fingerprint density at radius 2 is 2.29 bits per heavy atom. The van der Waals surface area contributed by atoms with Crippen molar-refractivity contribution in [1.29, 1.82) is 0 Å². The van der Waals surface area contributed by atoms with Crippen molar-refractivity contribution in [3.63, 3.8) is 0 Å². The Morgan fingerprint density at radius 1 is 1.43 bits per heavy atom. The first-order valence-corrected chi connectivity index (χ1v) is 6.44. The SMILES string of the molecule is CSCCCCCNc1nccn1C. The number of rotatable bonds is 7. The van der Waals surface area contributed by atoms with E-state index in [-0.39, 0.29) is 0 Å². The predicted molar refractivity (Wildman–Crippen MR) is 63.9 cm³/mol. The van der Waals surface area contributed by atoms with E-state index < -0.39 is 0 Å². The van der Waals surface area contributed by atoms with E-state index in [1.54, 1.807) is 0 Å². The van der Waals surface area contributed by atoms with Crippen molar-refractivity contribution in [2.24, 2.45) is 7.05 Å². The van der Waals surface area contributed by atoms with Gasteiger partial charge in [0.05, 0.1) is 0 Å². The van der Waals surface area contributed by atoms with E-state index in [4.69, 9.17) is 0 Å². The third-order valence-electron chi connectivity index (χ3n) is 2.13. The lowest BCUT2D eigenvalue weighted by Crippen LogP contribution is -2.06. The average molecular weight is 213 g/mol. The highest BCUT2D eigenvalue weighted by molar-refractivity contribution is 7.98. The molecule has 4 heteroatoms. The van der Waals surface area contributed by atoms with Crippen LogP contribution in [0.3, 0.4) is 0 Å². The predicted octanol–water partition coefficient (Wildman–Crippen LogP) is 2.37. The maximum Gasteiger partial charge on any atom is 0.202 e. The van der Waals surface area contributed by atoms with Gasteiger partial charge in [0.25, 0.3) is 0 Å². The highest BCUT2D eigenvalue weighted by atomic mass is 32.2. The van der Waals surface area contributed by atoms with Crippen LogP contribution in [-0.2, 0) is 7.05 Å². The molecule has 1 N–H and O–H groups in total. The first-order valence-electron chi connectivity index (χ1n) is 5.04. The summed E-state index contributed by atoms with van der Waals surface area (Å²) in [6.45, 7) is 1.03. The van der Waals surface area contributed by atoms with Gasteiger partial charge < -0.3 is 9.88 Å². The first-order chi connectivity index (χ1) is 6.84. The van der Waals surface area contributed by atoms with E-state index in [1.165, 1.54) is 25.0 Å². The van der Waals surface area contributed by atoms with Crippen molar-refractivity contribution in [3.8, 4) is 0 Å². The maximum absolute atomic E-state index is 4.20. The van der Waals surface area contributed by atoms with Crippen LogP contribution in [-0.4, -0.2) is 28.1 Å². The summed E-state index contributed by atoms with van der Waals surface area (Å²) in [5.74, 6) is 2.25. The lowest BCUT2D eigenvalue weighted by atomic mass is 10.2. The Kier molecular flexibility index (Phi) is 5.52. The number of aromatic nitrogens is 2. The van der Waals surface area contributed by atoms with Crippen molar-refractivity contribution in [2.45, 2.75) is 19.3 Å². The number of thioether (sulfide) groups is 1. The Bertz CT molecular complexity index is 247. The lowest BCUT2D eigenvalue weighted by Gasteiger charge is -2.05. The monoisotopic (exact) mass is 213 g/mol. The van der Waals surface area contributed by atoms with E-state index in [0.29, 0.717) is 0 Å². The highest BCUT2D eigenvalue weighted by Crippen LogP contribution is 2.04. The van der Waals surface area contributed by atoms with E-state index in [0.717, 1.165) is 12.5 Å². The molecule has 14 heavy (non-hydrogen) atoms. The number of hydrogen-bond acceptors (Lipinski definition) is 3. The van der Waals surface area contributed by atoms with Crippen molar-refractivity contribution in [3.05, 3.63) is 12.4 Å². The second-order valence-electron chi connectivity index (χ2n) is 3.34. The van der Waals surface area contributed by atoms with Gasteiger partial charge >= 0.3 is 0 Å². The average Bonchev–Trinajstić information content (AvgIpc) is 2.58. The Labute approximate surface area is 90.3 Å². The molecule has 1 rings (SSSR count). The largest absolute Gasteiger partial charge is 0.356 e. The van der Waals surface area contributed by atoms with E-state index in [2.05, 4.69) is 16.6 Å². The third-order valence-corrected chi connectivity index (χ3v) is 2.83. The molecule has 80 valence electrons. The summed E-state index contributed by atoms with van der Waals surface area (Å²) < 4.78 is 2.00. The zero-order valence-corrected chi connectivity index (χ0v) is 9.81. The van der Waals surface area contributed by atoms with Crippen LogP contribution in [0.2, 0.25) is 0 Å². The van der Waals surface area contributed by atoms with Crippen LogP contribution in [0.1, 0.15) is 19.3 Å². The van der Waals surface area contributed by atoms with Crippen LogP contribution < -0.4 is 5.32 Å². The van der Waals surface area contributed by atoms with Gasteiger partial charge in [0.2, 0.25) is 5.95 Å². The van der Waals surface area contributed by atoms with Crippen LogP contribution in [0.4, 0.5) is 5.95 Å². The molecule has 0 aliphatic rings. The summed E-state index contributed by atoms with van der Waals surface area (Å²) in [7, 11) is 2.00. The quantitative estimate of drug-likeness (QED) is 0.705. The molecule has 1 aromatic heterocycles. The Morgan fingerprint density at radius 3 is 2.93 bits per heavy atom. The summed E-state index contributed by atoms with van der Waals surface area (Å²) in [4.78, 5) is 4.20. The molecule has 0 saturated heterocycles. The number of nitrogens with zero attached hydrogens (tertiary/aromatic N) is 2. The molecule has 3 nitrogen and oxygen atoms in total. The van der Waals surface area contributed by atoms with Gasteiger partial charge in [-0.3, -0.25) is 0 Å². The van der Waals surface area contributed by atoms with Gasteiger partial charge in [-0.15, -0.1) is 0 Å². The number of unbranched alkanes of at least 4 members (excludes halogenated alkanes) is 2. The van der Waals surface area contributed by atoms with E-state index in [9.17, 15) is 0 Å². The summed E-state index contributed by atoms with van der Waals surface area (Å²) in [6, 6.07) is 0. The van der Waals surface area contributed by atoms with Gasteiger partial charge in [0.15, 0.2) is 0 Å². The molecule has 0 spiro atoms. The topological polar surface area (TPSA) is 29.9 Å². The zero-order valence-electron chi connectivity index (χ0n) is 8.99. The molecule has 0 radical (unpaired) electrons. The van der Waals surface area contributed by atoms with Gasteiger partial charge in [-0.05, 0) is 24.9 Å². The zero-order chi connectivity index (χ0) is 10.2. The minimum atomic E-state index is 0.967. The lowest BCUT2D eigenvalue weighted by molar-refractivity contribution is 0.742. The molecular weight excluding hydrogens is 194 g/mol. The summed E-state index contributed by atoms with van der Waals surface area (Å²) in [6.07, 6.45) is 9.79. The smallest absolute Gasteiger partial charge is 0.202 e. The molecule has 1 aromatic rings. The van der Waals surface area contributed by atoms with Crippen molar-refractivity contribution in [1.82, 2.24) is 9.55 Å². The van der Waals surface area contributed by atoms with Gasteiger partial charge in [-0.25, -0.2) is 4.98 Å². The molecule has 0 bridgehead atoms. The molecule has 0 unspecified atom stereocenters. The van der Waals surface area contributed by atoms with Crippen molar-refractivity contribution < 1.29 is 0 Å². The standard InChI is InChI=1S/C10H19N3S/c1-13-8-7-12-10(13)11-6-4-3-5-9-14-2/h7-8H,3-6,9H2,1-2H3,(H,11,12). The van der Waals surface area contributed by atoms with Crippen LogP contribution in [0, 0.1) is 0 Å². The van der Waals surface area contributed by atoms with Crippen molar-refractivity contribution in [2.75, 3.05) is 23.9 Å². The molecule has 1 heterocycles. The number of hydrogen-bond donors (Lipinski definition) is 1. The molecule has 0 aromatic carbocycles. The molecule has 0 amide bonds. The highest BCUT2D eigenvalue weighted by Gasteiger charge is 1.96. The second kappa shape index (κ2) is 6.76. The maximum atomic E-state index is 4.20. The van der Waals surface area contributed by atoms with Gasteiger partial charge in [-0.1, -0.05) is 6.42 Å². The summed E-state index contributed by atoms with van der Waals surface area (Å²) in [5.41, 5.74) is 0. The Hall–Kier alpha value is -0.640. The van der Waals surface area contributed by atoms with Gasteiger partial charge in [0.1, 0.15) is 0 Å². The summed E-state index contributed by atoms with van der Waals surface area (Å²) in [5, 5.41) is 3.31. The summed E-state index contributed by atoms with van der Waals surface area (Å²) >= 11 is 1.92. The fraction of sp³-hybridized carbons (Fsp3) is 0.700. The normalized spacial score (nSPS) is 10.4. The second-order valence-corrected chi connectivity index (χ2v) is 4.33. The number of imidazole rings is 1. The van der Waals surface area contributed by atoms with Gasteiger partial charge in [0, 0.05) is 26.0 Å². The molecule has 0 aliphatic heterocycles. The fourth-order valence-electron chi connectivity index (χ4n) is 1.28. The molecule has 0 atom stereocenters. The number of aryl methyl sites for hydroxylation is 1. The van der Waals surface area contributed by atoms with Crippen LogP contribution in [0.15, 0.2) is 12.4 Å². The fourth-order valence-corrected chi connectivity index (χ4v) is 1.78. The van der Waals surface area contributed by atoms with E-state index in [1.807, 2.05) is 35.8 Å². The van der Waals surface area contributed by atoms with Crippen LogP contribution >= 0.6 is 11.8 Å². The molecule has 0 fully saturated rings.